The van der Waals surface area contributed by atoms with E-state index in [1.54, 1.807) is 0 Å². The molecule has 0 aromatic carbocycles. The van der Waals surface area contributed by atoms with Gasteiger partial charge >= 0.3 is 0 Å². The van der Waals surface area contributed by atoms with E-state index in [2.05, 4.69) is 11.1 Å². The minimum atomic E-state index is -0.864. The van der Waals surface area contributed by atoms with Crippen LogP contribution < -0.4 is 0 Å². The lowest BCUT2D eigenvalue weighted by Crippen LogP contribution is -2.41. The highest BCUT2D eigenvalue weighted by Crippen LogP contribution is 2.45. The average molecular weight is 265 g/mol. The Hall–Kier alpha value is -0.740. The molecule has 1 aromatic rings. The van der Waals surface area contributed by atoms with Crippen LogP contribution in [0.25, 0.3) is 0 Å². The highest BCUT2D eigenvalue weighted by atomic mass is 32.2. The standard InChI is InChI=1S/C14H19NO2S/c1-9-5-10(2)13(15-8-9)14(16)6-11-3-4-12(7-14)18(11)17/h5,8,11-12,16H,3-4,6-7H2,1-2H3. The van der Waals surface area contributed by atoms with E-state index < -0.39 is 16.4 Å². The minimum absolute atomic E-state index is 0.163. The maximum Gasteiger partial charge on any atom is 0.109 e. The summed E-state index contributed by atoms with van der Waals surface area (Å²) in [6.45, 7) is 4.01. The topological polar surface area (TPSA) is 50.2 Å². The van der Waals surface area contributed by atoms with Gasteiger partial charge in [0.15, 0.2) is 0 Å². The molecule has 4 heteroatoms. The predicted octanol–water partition coefficient (Wildman–Crippen LogP) is 1.96. The van der Waals surface area contributed by atoms with Crippen molar-refractivity contribution in [1.29, 1.82) is 0 Å². The van der Waals surface area contributed by atoms with Crippen LogP contribution in [0.3, 0.4) is 0 Å². The molecule has 0 saturated carbocycles. The van der Waals surface area contributed by atoms with E-state index in [9.17, 15) is 9.32 Å². The molecule has 2 aliphatic rings. The van der Waals surface area contributed by atoms with Crippen molar-refractivity contribution >= 4 is 10.8 Å². The van der Waals surface area contributed by atoms with E-state index in [0.29, 0.717) is 12.8 Å². The van der Waals surface area contributed by atoms with Crippen LogP contribution in [0.5, 0.6) is 0 Å². The predicted molar refractivity (Wildman–Crippen MR) is 71.8 cm³/mol. The van der Waals surface area contributed by atoms with Gasteiger partial charge in [0.25, 0.3) is 0 Å². The summed E-state index contributed by atoms with van der Waals surface area (Å²) < 4.78 is 12.0. The highest BCUT2D eigenvalue weighted by molar-refractivity contribution is 7.86. The van der Waals surface area contributed by atoms with Crippen LogP contribution in [0.2, 0.25) is 0 Å². The van der Waals surface area contributed by atoms with Crippen LogP contribution in [0.4, 0.5) is 0 Å². The fraction of sp³-hybridized carbons (Fsp3) is 0.643. The van der Waals surface area contributed by atoms with E-state index >= 15 is 0 Å². The van der Waals surface area contributed by atoms with Crippen LogP contribution >= 0.6 is 0 Å². The van der Waals surface area contributed by atoms with E-state index in [-0.39, 0.29) is 10.5 Å². The molecule has 2 fully saturated rings. The summed E-state index contributed by atoms with van der Waals surface area (Å²) in [6, 6.07) is 2.06. The summed E-state index contributed by atoms with van der Waals surface area (Å²) in [7, 11) is -0.738. The van der Waals surface area contributed by atoms with E-state index in [1.807, 2.05) is 20.0 Å². The molecule has 0 amide bonds. The monoisotopic (exact) mass is 265 g/mol. The van der Waals surface area contributed by atoms with Gasteiger partial charge in [-0.1, -0.05) is 6.07 Å². The molecule has 98 valence electrons. The summed E-state index contributed by atoms with van der Waals surface area (Å²) >= 11 is 0. The number of hydrogen-bond acceptors (Lipinski definition) is 3. The zero-order chi connectivity index (χ0) is 12.9. The molecule has 0 radical (unpaired) electrons. The summed E-state index contributed by atoms with van der Waals surface area (Å²) in [6.07, 6.45) is 5.00. The van der Waals surface area contributed by atoms with Crippen LogP contribution in [0.15, 0.2) is 12.3 Å². The SMILES string of the molecule is Cc1cnc(C2(O)CC3CCC(C2)S3=O)c(C)c1. The van der Waals surface area contributed by atoms with Gasteiger partial charge in [-0.15, -0.1) is 0 Å². The Morgan fingerprint density at radius 1 is 1.33 bits per heavy atom. The average Bonchev–Trinajstić information content (AvgIpc) is 2.53. The summed E-state index contributed by atoms with van der Waals surface area (Å²) in [5.41, 5.74) is 2.09. The molecule has 1 N–H and O–H groups in total. The van der Waals surface area contributed by atoms with E-state index in [4.69, 9.17) is 0 Å². The second-order valence-corrected chi connectivity index (χ2v) is 7.76. The van der Waals surface area contributed by atoms with Gasteiger partial charge in [0.1, 0.15) is 5.60 Å². The molecule has 2 saturated heterocycles. The fourth-order valence-corrected chi connectivity index (χ4v) is 5.64. The lowest BCUT2D eigenvalue weighted by molar-refractivity contribution is 0.0135. The molecule has 0 aliphatic carbocycles. The van der Waals surface area contributed by atoms with Gasteiger partial charge in [0.05, 0.1) is 5.69 Å². The number of hydrogen-bond donors (Lipinski definition) is 1. The third-order valence-electron chi connectivity index (χ3n) is 4.25. The number of rotatable bonds is 1. The van der Waals surface area contributed by atoms with Crippen LogP contribution in [0.1, 0.15) is 42.5 Å². The molecule has 2 atom stereocenters. The first-order chi connectivity index (χ1) is 8.49. The van der Waals surface area contributed by atoms with Gasteiger partial charge in [0, 0.05) is 27.5 Å². The minimum Gasteiger partial charge on any atom is -0.383 e. The van der Waals surface area contributed by atoms with Crippen molar-refractivity contribution in [1.82, 2.24) is 4.98 Å². The van der Waals surface area contributed by atoms with Crippen molar-refractivity contribution in [3.05, 3.63) is 29.1 Å². The van der Waals surface area contributed by atoms with Crippen molar-refractivity contribution in [2.24, 2.45) is 0 Å². The Balaban J connectivity index is 1.98. The van der Waals surface area contributed by atoms with Crippen molar-refractivity contribution in [2.75, 3.05) is 0 Å². The Kier molecular flexibility index (Phi) is 2.83. The van der Waals surface area contributed by atoms with Crippen LogP contribution in [-0.2, 0) is 16.4 Å². The maximum absolute atomic E-state index is 12.0. The Morgan fingerprint density at radius 3 is 2.50 bits per heavy atom. The molecule has 3 heterocycles. The van der Waals surface area contributed by atoms with E-state index in [1.165, 1.54) is 0 Å². The highest BCUT2D eigenvalue weighted by Gasteiger charge is 2.49. The molecule has 0 spiro atoms. The summed E-state index contributed by atoms with van der Waals surface area (Å²) in [5, 5.41) is 11.2. The fourth-order valence-electron chi connectivity index (χ4n) is 3.48. The number of aromatic nitrogens is 1. The zero-order valence-corrected chi connectivity index (χ0v) is 11.7. The smallest absolute Gasteiger partial charge is 0.109 e. The van der Waals surface area contributed by atoms with Crippen LogP contribution in [-0.4, -0.2) is 24.8 Å². The number of aryl methyl sites for hydroxylation is 2. The third-order valence-corrected chi connectivity index (χ3v) is 6.37. The molecule has 2 unspecified atom stereocenters. The summed E-state index contributed by atoms with van der Waals surface area (Å²) in [5.74, 6) is 0. The van der Waals surface area contributed by atoms with Crippen molar-refractivity contribution in [3.63, 3.8) is 0 Å². The van der Waals surface area contributed by atoms with Crippen molar-refractivity contribution in [2.45, 2.75) is 55.6 Å². The van der Waals surface area contributed by atoms with Gasteiger partial charge in [-0.2, -0.15) is 0 Å². The molecule has 18 heavy (non-hydrogen) atoms. The first-order valence-corrected chi connectivity index (χ1v) is 7.83. The Morgan fingerprint density at radius 2 is 1.94 bits per heavy atom. The maximum atomic E-state index is 12.0. The van der Waals surface area contributed by atoms with Gasteiger partial charge in [-0.25, -0.2) is 0 Å². The first-order valence-electron chi connectivity index (χ1n) is 6.55. The molecule has 3 rings (SSSR count). The van der Waals surface area contributed by atoms with Gasteiger partial charge in [-0.3, -0.25) is 9.19 Å². The largest absolute Gasteiger partial charge is 0.383 e. The molecule has 3 nitrogen and oxygen atoms in total. The Labute approximate surface area is 110 Å². The lowest BCUT2D eigenvalue weighted by Gasteiger charge is -2.36. The second kappa shape index (κ2) is 4.14. The third kappa shape index (κ3) is 1.82. The number of fused-ring (bicyclic) bond motifs is 2. The Bertz CT molecular complexity index is 499. The first kappa shape index (κ1) is 12.3. The van der Waals surface area contributed by atoms with Gasteiger partial charge in [-0.05, 0) is 50.7 Å². The number of aliphatic hydroxyl groups is 1. The van der Waals surface area contributed by atoms with Crippen LogP contribution in [0, 0.1) is 13.8 Å². The van der Waals surface area contributed by atoms with Gasteiger partial charge in [0.2, 0.25) is 0 Å². The quantitative estimate of drug-likeness (QED) is 0.844. The molecule has 2 aliphatic heterocycles. The molecular formula is C14H19NO2S. The van der Waals surface area contributed by atoms with Crippen molar-refractivity contribution in [3.8, 4) is 0 Å². The normalized spacial score (nSPS) is 38.9. The van der Waals surface area contributed by atoms with E-state index in [0.717, 1.165) is 29.7 Å². The summed E-state index contributed by atoms with van der Waals surface area (Å²) in [4.78, 5) is 4.45. The number of pyridine rings is 1. The van der Waals surface area contributed by atoms with Gasteiger partial charge < -0.3 is 5.11 Å². The second-order valence-electron chi connectivity index (χ2n) is 5.77. The lowest BCUT2D eigenvalue weighted by atomic mass is 9.87. The molecule has 1 aromatic heterocycles. The zero-order valence-electron chi connectivity index (χ0n) is 10.8. The molecule has 2 bridgehead atoms. The molecular weight excluding hydrogens is 246 g/mol. The van der Waals surface area contributed by atoms with Crippen molar-refractivity contribution < 1.29 is 9.32 Å². The number of nitrogens with zero attached hydrogens (tertiary/aromatic N) is 1.